The van der Waals surface area contributed by atoms with Gasteiger partial charge in [-0.15, -0.1) is 0 Å². The molecule has 0 aromatic carbocycles. The van der Waals surface area contributed by atoms with Crippen LogP contribution < -0.4 is 5.14 Å². The molecule has 114 valence electrons. The molecule has 20 heavy (non-hydrogen) atoms. The van der Waals surface area contributed by atoms with E-state index >= 15 is 0 Å². The van der Waals surface area contributed by atoms with Crippen LogP contribution in [-0.4, -0.2) is 33.4 Å². The summed E-state index contributed by atoms with van der Waals surface area (Å²) in [6.07, 6.45) is 0.861. The molecular weight excluding hydrogens is 331 g/mol. The Balaban J connectivity index is 3.11. The van der Waals surface area contributed by atoms with Crippen LogP contribution in [0.2, 0.25) is 10.0 Å². The van der Waals surface area contributed by atoms with Gasteiger partial charge in [-0.1, -0.05) is 23.2 Å². The first-order valence-corrected chi connectivity index (χ1v) is 7.59. The van der Waals surface area contributed by atoms with Crippen LogP contribution >= 0.6 is 23.2 Å². The second kappa shape index (κ2) is 7.51. The van der Waals surface area contributed by atoms with Gasteiger partial charge >= 0.3 is 10.3 Å². The maximum atomic E-state index is 11.0. The van der Waals surface area contributed by atoms with Crippen LogP contribution in [-0.2, 0) is 24.0 Å². The molecule has 0 fully saturated rings. The topological polar surface area (TPSA) is 101 Å². The SMILES string of the molecule is COCOC(c1c(Cl)cncc1Cl)C(C)OS(N)(=O)=O. The number of aromatic nitrogens is 1. The number of nitrogens with two attached hydrogens (primary N) is 1. The van der Waals surface area contributed by atoms with Crippen molar-refractivity contribution in [1.29, 1.82) is 0 Å². The fourth-order valence-electron chi connectivity index (χ4n) is 1.55. The highest BCUT2D eigenvalue weighted by Gasteiger charge is 2.28. The molecule has 0 aliphatic heterocycles. The van der Waals surface area contributed by atoms with Crippen molar-refractivity contribution in [1.82, 2.24) is 4.98 Å². The molecule has 1 aromatic heterocycles. The average molecular weight is 345 g/mol. The predicted molar refractivity (Wildman–Crippen MR) is 73.6 cm³/mol. The van der Waals surface area contributed by atoms with Gasteiger partial charge in [0, 0.05) is 25.1 Å². The maximum absolute atomic E-state index is 11.0. The first-order valence-electron chi connectivity index (χ1n) is 5.36. The molecule has 0 amide bonds. The lowest BCUT2D eigenvalue weighted by molar-refractivity contribution is -0.104. The van der Waals surface area contributed by atoms with Crippen molar-refractivity contribution in [3.05, 3.63) is 28.0 Å². The molecule has 7 nitrogen and oxygen atoms in total. The monoisotopic (exact) mass is 344 g/mol. The van der Waals surface area contributed by atoms with E-state index in [-0.39, 0.29) is 16.8 Å². The molecule has 0 saturated carbocycles. The third-order valence-electron chi connectivity index (χ3n) is 2.25. The van der Waals surface area contributed by atoms with Crippen LogP contribution in [0.5, 0.6) is 0 Å². The molecule has 2 unspecified atom stereocenters. The molecule has 0 aliphatic carbocycles. The van der Waals surface area contributed by atoms with Crippen molar-refractivity contribution in [2.45, 2.75) is 19.1 Å². The van der Waals surface area contributed by atoms with Gasteiger partial charge in [0.25, 0.3) is 0 Å². The lowest BCUT2D eigenvalue weighted by atomic mass is 10.1. The number of hydrogen-bond donors (Lipinski definition) is 1. The van der Waals surface area contributed by atoms with Crippen LogP contribution in [0.25, 0.3) is 0 Å². The van der Waals surface area contributed by atoms with Crippen LogP contribution in [0, 0.1) is 0 Å². The summed E-state index contributed by atoms with van der Waals surface area (Å²) in [4.78, 5) is 3.81. The Morgan fingerprint density at radius 2 is 1.90 bits per heavy atom. The Morgan fingerprint density at radius 3 is 2.35 bits per heavy atom. The molecule has 1 aromatic rings. The van der Waals surface area contributed by atoms with Gasteiger partial charge < -0.3 is 9.47 Å². The summed E-state index contributed by atoms with van der Waals surface area (Å²) in [5.41, 5.74) is 0.344. The van der Waals surface area contributed by atoms with Crippen molar-refractivity contribution in [2.75, 3.05) is 13.9 Å². The molecule has 10 heteroatoms. The molecule has 1 heterocycles. The van der Waals surface area contributed by atoms with Crippen molar-refractivity contribution >= 4 is 33.5 Å². The second-order valence-corrected chi connectivity index (χ2v) is 5.80. The van der Waals surface area contributed by atoms with E-state index in [4.69, 9.17) is 42.0 Å². The predicted octanol–water partition coefficient (Wildman–Crippen LogP) is 1.66. The largest absolute Gasteiger partial charge is 0.359 e. The summed E-state index contributed by atoms with van der Waals surface area (Å²) in [6, 6.07) is 0. The standard InChI is InChI=1S/C10H14Cl2N2O5S/c1-6(19-20(13,15)16)10(18-5-17-2)9-7(11)3-14-4-8(9)12/h3-4,6,10H,5H2,1-2H3,(H2,13,15,16). The highest BCUT2D eigenvalue weighted by Crippen LogP contribution is 2.34. The number of ether oxygens (including phenoxy) is 2. The van der Waals surface area contributed by atoms with Crippen molar-refractivity contribution < 1.29 is 22.1 Å². The van der Waals surface area contributed by atoms with E-state index < -0.39 is 22.5 Å². The minimum absolute atomic E-state index is 0.113. The fourth-order valence-corrected chi connectivity index (χ4v) is 2.65. The van der Waals surface area contributed by atoms with Crippen molar-refractivity contribution in [3.63, 3.8) is 0 Å². The Kier molecular flexibility index (Phi) is 6.59. The van der Waals surface area contributed by atoms with E-state index in [1.54, 1.807) is 0 Å². The quantitative estimate of drug-likeness (QED) is 0.754. The normalized spacial score (nSPS) is 15.1. The zero-order valence-corrected chi connectivity index (χ0v) is 13.1. The summed E-state index contributed by atoms with van der Waals surface area (Å²) in [7, 11) is -2.74. The summed E-state index contributed by atoms with van der Waals surface area (Å²) < 4.78 is 36.9. The third kappa shape index (κ3) is 5.13. The number of rotatable bonds is 7. The first kappa shape index (κ1) is 17.6. The summed E-state index contributed by atoms with van der Waals surface area (Å²) in [5, 5.41) is 5.26. The highest BCUT2D eigenvalue weighted by molar-refractivity contribution is 7.84. The molecule has 0 spiro atoms. The number of pyridine rings is 1. The Bertz CT molecular complexity index is 534. The van der Waals surface area contributed by atoms with E-state index in [0.29, 0.717) is 5.56 Å². The molecule has 2 atom stereocenters. The van der Waals surface area contributed by atoms with Crippen molar-refractivity contribution in [2.24, 2.45) is 5.14 Å². The number of methoxy groups -OCH3 is 1. The van der Waals surface area contributed by atoms with E-state index in [0.717, 1.165) is 0 Å². The molecule has 0 radical (unpaired) electrons. The van der Waals surface area contributed by atoms with E-state index in [2.05, 4.69) is 4.98 Å². The minimum Gasteiger partial charge on any atom is -0.359 e. The third-order valence-corrected chi connectivity index (χ3v) is 3.43. The minimum atomic E-state index is -4.15. The second-order valence-electron chi connectivity index (χ2n) is 3.80. The van der Waals surface area contributed by atoms with E-state index in [1.165, 1.54) is 26.4 Å². The maximum Gasteiger partial charge on any atom is 0.333 e. The van der Waals surface area contributed by atoms with Crippen LogP contribution in [0.3, 0.4) is 0 Å². The smallest absolute Gasteiger partial charge is 0.333 e. The van der Waals surface area contributed by atoms with Crippen LogP contribution in [0.4, 0.5) is 0 Å². The Hall–Kier alpha value is -0.480. The molecule has 0 bridgehead atoms. The van der Waals surface area contributed by atoms with Gasteiger partial charge in [-0.3, -0.25) is 9.17 Å². The lowest BCUT2D eigenvalue weighted by Crippen LogP contribution is -2.29. The highest BCUT2D eigenvalue weighted by atomic mass is 35.5. The molecular formula is C10H14Cl2N2O5S. The molecule has 2 N–H and O–H groups in total. The lowest BCUT2D eigenvalue weighted by Gasteiger charge is -2.24. The van der Waals surface area contributed by atoms with Crippen LogP contribution in [0.1, 0.15) is 18.6 Å². The van der Waals surface area contributed by atoms with Gasteiger partial charge in [0.1, 0.15) is 19.0 Å². The molecule has 1 rings (SSSR count). The van der Waals surface area contributed by atoms with Gasteiger partial charge in [-0.2, -0.15) is 8.42 Å². The first-order chi connectivity index (χ1) is 9.26. The number of nitrogens with zero attached hydrogens (tertiary/aromatic N) is 1. The van der Waals surface area contributed by atoms with Crippen LogP contribution in [0.15, 0.2) is 12.4 Å². The van der Waals surface area contributed by atoms with E-state index in [9.17, 15) is 8.42 Å². The number of halogens is 2. The average Bonchev–Trinajstić information content (AvgIpc) is 2.30. The van der Waals surface area contributed by atoms with Gasteiger partial charge in [0.15, 0.2) is 0 Å². The van der Waals surface area contributed by atoms with E-state index in [1.807, 2.05) is 0 Å². The molecule has 0 aliphatic rings. The van der Waals surface area contributed by atoms with Gasteiger partial charge in [0.2, 0.25) is 0 Å². The zero-order valence-electron chi connectivity index (χ0n) is 10.7. The van der Waals surface area contributed by atoms with Gasteiger partial charge in [0.05, 0.1) is 10.0 Å². The summed E-state index contributed by atoms with van der Waals surface area (Å²) in [6.45, 7) is 1.34. The Morgan fingerprint density at radius 1 is 1.35 bits per heavy atom. The van der Waals surface area contributed by atoms with Gasteiger partial charge in [-0.05, 0) is 6.92 Å². The summed E-state index contributed by atoms with van der Waals surface area (Å²) in [5.74, 6) is 0. The molecule has 0 saturated heterocycles. The van der Waals surface area contributed by atoms with Gasteiger partial charge in [-0.25, -0.2) is 5.14 Å². The number of hydrogen-bond acceptors (Lipinski definition) is 6. The summed E-state index contributed by atoms with van der Waals surface area (Å²) >= 11 is 12.0. The zero-order chi connectivity index (χ0) is 15.3. The Labute approximate surface area is 127 Å². The van der Waals surface area contributed by atoms with Crippen molar-refractivity contribution in [3.8, 4) is 0 Å². The fraction of sp³-hybridized carbons (Fsp3) is 0.500.